The summed E-state index contributed by atoms with van der Waals surface area (Å²) in [6.07, 6.45) is -3.82. The second-order valence-electron chi connectivity index (χ2n) is 20.9. The summed E-state index contributed by atoms with van der Waals surface area (Å²) >= 11 is 0. The van der Waals surface area contributed by atoms with Crippen molar-refractivity contribution in [2.24, 2.45) is 5.41 Å². The van der Waals surface area contributed by atoms with Crippen molar-refractivity contribution >= 4 is 5.97 Å². The first kappa shape index (κ1) is 56.7. The molecule has 0 bridgehead atoms. The van der Waals surface area contributed by atoms with Crippen LogP contribution in [0, 0.1) is 5.41 Å². The molecule has 384 valence electrons. The van der Waals surface area contributed by atoms with Crippen LogP contribution < -0.4 is 0 Å². The van der Waals surface area contributed by atoms with E-state index in [1.165, 1.54) is 43.2 Å². The molecular formula is C49H83N3O15. The maximum absolute atomic E-state index is 13.5. The van der Waals surface area contributed by atoms with E-state index < -0.39 is 84.8 Å². The van der Waals surface area contributed by atoms with Gasteiger partial charge in [-0.3, -0.25) is 0 Å². The van der Waals surface area contributed by atoms with Gasteiger partial charge in [0.2, 0.25) is 0 Å². The SMILES string of the molecule is CCCCCCCOCC(C)(COCCCCCCC)COCc1cn(C[C@H]2O[C@H](O[C@H]3O[C@H](COC(=O)c4cc(C(C)(C)C)cc(C(C)(C)C)c4O)[C@@H](O)[C@H](O)[C@H]3O)[C@H](O)[C@@H](O)[C@@H]2O)nn1. The van der Waals surface area contributed by atoms with E-state index in [2.05, 4.69) is 31.1 Å². The minimum Gasteiger partial charge on any atom is -0.507 e. The van der Waals surface area contributed by atoms with E-state index in [-0.39, 0.29) is 29.9 Å². The number of aromatic nitrogens is 3. The topological polar surface area (TPSA) is 254 Å². The highest BCUT2D eigenvalue weighted by Gasteiger charge is 2.50. The van der Waals surface area contributed by atoms with Gasteiger partial charge in [0.1, 0.15) is 72.4 Å². The van der Waals surface area contributed by atoms with Crippen molar-refractivity contribution in [2.45, 2.75) is 212 Å². The summed E-state index contributed by atoms with van der Waals surface area (Å²) in [7, 11) is 0. The number of aliphatic hydroxyl groups is 6. The highest BCUT2D eigenvalue weighted by Crippen LogP contribution is 2.38. The zero-order chi connectivity index (χ0) is 49.5. The monoisotopic (exact) mass is 954 g/mol. The summed E-state index contributed by atoms with van der Waals surface area (Å²) in [5.41, 5.74) is 0.390. The minimum atomic E-state index is -1.88. The maximum Gasteiger partial charge on any atom is 0.342 e. The number of phenols is 1. The van der Waals surface area contributed by atoms with Gasteiger partial charge in [-0.25, -0.2) is 9.48 Å². The molecule has 7 N–H and O–H groups in total. The summed E-state index contributed by atoms with van der Waals surface area (Å²) < 4.78 is 42.6. The molecule has 0 radical (unpaired) electrons. The van der Waals surface area contributed by atoms with Gasteiger partial charge in [0, 0.05) is 24.2 Å². The van der Waals surface area contributed by atoms with Crippen LogP contribution >= 0.6 is 0 Å². The third kappa shape index (κ3) is 16.9. The van der Waals surface area contributed by atoms with Gasteiger partial charge in [-0.1, -0.05) is 125 Å². The van der Waals surface area contributed by atoms with Gasteiger partial charge < -0.3 is 68.9 Å². The normalized spacial score (nSPS) is 26.3. The van der Waals surface area contributed by atoms with Crippen LogP contribution in [-0.2, 0) is 57.1 Å². The molecule has 67 heavy (non-hydrogen) atoms. The lowest BCUT2D eigenvalue weighted by molar-refractivity contribution is -0.375. The zero-order valence-electron chi connectivity index (χ0n) is 41.5. The smallest absolute Gasteiger partial charge is 0.342 e. The first-order chi connectivity index (χ1) is 31.6. The number of ether oxygens (including phenoxy) is 7. The predicted octanol–water partition coefficient (Wildman–Crippen LogP) is 4.56. The lowest BCUT2D eigenvalue weighted by Gasteiger charge is -2.44. The quantitative estimate of drug-likeness (QED) is 0.0479. The van der Waals surface area contributed by atoms with E-state index in [4.69, 9.17) is 33.2 Å². The summed E-state index contributed by atoms with van der Waals surface area (Å²) in [4.78, 5) is 13.5. The number of aliphatic hydroxyl groups excluding tert-OH is 6. The van der Waals surface area contributed by atoms with Gasteiger partial charge in [0.25, 0.3) is 0 Å². The average molecular weight is 954 g/mol. The highest BCUT2D eigenvalue weighted by atomic mass is 16.8. The van der Waals surface area contributed by atoms with Crippen LogP contribution in [-0.4, -0.2) is 158 Å². The molecule has 0 unspecified atom stereocenters. The molecule has 4 rings (SSSR count). The van der Waals surface area contributed by atoms with E-state index in [0.29, 0.717) is 44.3 Å². The lowest BCUT2D eigenvalue weighted by Crippen LogP contribution is -2.63. The molecule has 0 saturated carbocycles. The number of hydrogen-bond acceptors (Lipinski definition) is 17. The zero-order valence-corrected chi connectivity index (χ0v) is 41.5. The Morgan fingerprint density at radius 3 is 1.73 bits per heavy atom. The van der Waals surface area contributed by atoms with E-state index in [1.54, 1.807) is 12.3 Å². The summed E-state index contributed by atoms with van der Waals surface area (Å²) in [6.45, 7) is 20.1. The van der Waals surface area contributed by atoms with Gasteiger partial charge in [-0.15, -0.1) is 5.10 Å². The van der Waals surface area contributed by atoms with Crippen LogP contribution in [0.4, 0.5) is 0 Å². The Morgan fingerprint density at radius 2 is 1.19 bits per heavy atom. The second-order valence-corrected chi connectivity index (χ2v) is 20.9. The molecule has 18 heteroatoms. The van der Waals surface area contributed by atoms with Crippen molar-refractivity contribution in [1.82, 2.24) is 15.0 Å². The number of carbonyl (C=O) groups excluding carboxylic acids is 1. The van der Waals surface area contributed by atoms with Gasteiger partial charge >= 0.3 is 5.97 Å². The molecular weight excluding hydrogens is 871 g/mol. The number of phenolic OH excluding ortho intramolecular Hbond substituents is 1. The molecule has 2 aromatic rings. The molecule has 0 aliphatic carbocycles. The number of carbonyl (C=O) groups is 1. The molecule has 2 saturated heterocycles. The van der Waals surface area contributed by atoms with Crippen LogP contribution in [0.1, 0.15) is 154 Å². The Labute approximate surface area is 397 Å². The Bertz CT molecular complexity index is 1750. The molecule has 18 nitrogen and oxygen atoms in total. The summed E-state index contributed by atoms with van der Waals surface area (Å²) in [5.74, 6) is -1.18. The highest BCUT2D eigenvalue weighted by molar-refractivity contribution is 5.93. The van der Waals surface area contributed by atoms with Crippen molar-refractivity contribution < 1.29 is 73.7 Å². The van der Waals surface area contributed by atoms with Crippen molar-refractivity contribution in [3.05, 3.63) is 40.7 Å². The number of rotatable bonds is 27. The fraction of sp³-hybridized carbons (Fsp3) is 0.816. The van der Waals surface area contributed by atoms with E-state index >= 15 is 0 Å². The van der Waals surface area contributed by atoms with Crippen LogP contribution in [0.3, 0.4) is 0 Å². The van der Waals surface area contributed by atoms with Crippen LogP contribution in [0.15, 0.2) is 18.3 Å². The summed E-state index contributed by atoms with van der Waals surface area (Å²) in [6, 6.07) is 3.39. The van der Waals surface area contributed by atoms with Gasteiger partial charge in [0.05, 0.1) is 39.2 Å². The third-order valence-electron chi connectivity index (χ3n) is 12.3. The third-order valence-corrected chi connectivity index (χ3v) is 12.3. The van der Waals surface area contributed by atoms with E-state index in [9.17, 15) is 40.5 Å². The Hall–Kier alpha value is -2.85. The lowest BCUT2D eigenvalue weighted by atomic mass is 9.79. The number of aromatic hydroxyl groups is 1. The summed E-state index contributed by atoms with van der Waals surface area (Å²) in [5, 5.41) is 84.7. The number of hydrogen-bond donors (Lipinski definition) is 7. The van der Waals surface area contributed by atoms with Crippen molar-refractivity contribution in [1.29, 1.82) is 0 Å². The average Bonchev–Trinajstić information content (AvgIpc) is 3.72. The van der Waals surface area contributed by atoms with Gasteiger partial charge in [-0.2, -0.15) is 0 Å². The fourth-order valence-corrected chi connectivity index (χ4v) is 7.97. The fourth-order valence-electron chi connectivity index (χ4n) is 7.97. The first-order valence-electron chi connectivity index (χ1n) is 24.3. The van der Waals surface area contributed by atoms with E-state index in [1.807, 2.05) is 47.6 Å². The van der Waals surface area contributed by atoms with Crippen LogP contribution in [0.25, 0.3) is 0 Å². The molecule has 0 amide bonds. The predicted molar refractivity (Wildman–Crippen MR) is 247 cm³/mol. The molecule has 1 aromatic carbocycles. The maximum atomic E-state index is 13.5. The molecule has 2 aliphatic heterocycles. The van der Waals surface area contributed by atoms with Gasteiger partial charge in [0.15, 0.2) is 12.6 Å². The Kier molecular flexibility index (Phi) is 22.3. The molecule has 2 aliphatic rings. The largest absolute Gasteiger partial charge is 0.507 e. The van der Waals surface area contributed by atoms with Crippen LogP contribution in [0.5, 0.6) is 5.75 Å². The molecule has 3 heterocycles. The standard InChI is InChI=1S/C49H83N3O15/c1-10-12-14-16-18-20-61-28-49(9,29-62-21-19-17-15-13-11-2)30-63-26-32-24-52(51-50-32)25-35-38(54)40(56)42(58)45(65-35)67-46-43(59)41(57)39(55)36(66-46)27-64-44(60)33-22-31(47(3,4)5)23-34(37(33)53)48(6,7)8/h22-24,35-36,38-43,45-46,53-59H,10-21,25-30H2,1-9H3/t35-,36-,38-,39-,40+,41+,42-,43-,45-,46-/m1/s1. The van der Waals surface area contributed by atoms with Crippen molar-refractivity contribution in [3.8, 4) is 5.75 Å². The number of esters is 1. The van der Waals surface area contributed by atoms with Crippen molar-refractivity contribution in [3.63, 3.8) is 0 Å². The Morgan fingerprint density at radius 1 is 0.672 bits per heavy atom. The molecule has 0 spiro atoms. The second kappa shape index (κ2) is 26.4. The molecule has 1 aromatic heterocycles. The first-order valence-corrected chi connectivity index (χ1v) is 24.3. The number of nitrogens with zero attached hydrogens (tertiary/aromatic N) is 3. The number of unbranched alkanes of at least 4 members (excludes halogenated alkanes) is 8. The molecule has 2 fully saturated rings. The van der Waals surface area contributed by atoms with Crippen LogP contribution in [0.2, 0.25) is 0 Å². The Balaban J connectivity index is 1.35. The number of benzene rings is 1. The minimum absolute atomic E-state index is 0.100. The van der Waals surface area contributed by atoms with Gasteiger partial charge in [-0.05, 0) is 35.3 Å². The van der Waals surface area contributed by atoms with E-state index in [0.717, 1.165) is 31.2 Å². The molecule has 10 atom stereocenters. The van der Waals surface area contributed by atoms with Crippen molar-refractivity contribution in [2.75, 3.05) is 39.6 Å².